The lowest BCUT2D eigenvalue weighted by molar-refractivity contribution is -0.121. The number of nitrogens with one attached hydrogen (secondary N) is 1. The molecule has 17 heavy (non-hydrogen) atoms. The Morgan fingerprint density at radius 1 is 1.24 bits per heavy atom. The fourth-order valence-corrected chi connectivity index (χ4v) is 1.52. The van der Waals surface area contributed by atoms with Crippen molar-refractivity contribution in [3.63, 3.8) is 0 Å². The maximum absolute atomic E-state index is 11.5. The molecule has 0 aliphatic rings. The minimum atomic E-state index is 0.0586. The van der Waals surface area contributed by atoms with E-state index < -0.39 is 0 Å². The lowest BCUT2D eigenvalue weighted by atomic mass is 10.1. The van der Waals surface area contributed by atoms with Crippen LogP contribution in [0.15, 0.2) is 30.3 Å². The largest absolute Gasteiger partial charge is 0.378 e. The molecule has 1 amide bonds. The molecule has 94 valence electrons. The van der Waals surface area contributed by atoms with Crippen molar-refractivity contribution in [2.75, 3.05) is 25.6 Å². The van der Waals surface area contributed by atoms with E-state index in [4.69, 9.17) is 16.3 Å². The number of rotatable bonds is 8. The molecule has 1 N–H and O–H groups in total. The number of benzene rings is 1. The second kappa shape index (κ2) is 9.02. The van der Waals surface area contributed by atoms with E-state index in [0.717, 1.165) is 6.42 Å². The van der Waals surface area contributed by atoms with Crippen molar-refractivity contribution in [2.45, 2.75) is 12.8 Å². The quantitative estimate of drug-likeness (QED) is 0.570. The Morgan fingerprint density at radius 3 is 2.71 bits per heavy atom. The molecule has 0 atom stereocenters. The zero-order valence-corrected chi connectivity index (χ0v) is 10.6. The second-order valence-electron chi connectivity index (χ2n) is 3.64. The molecule has 0 unspecified atom stereocenters. The van der Waals surface area contributed by atoms with Crippen LogP contribution in [0.3, 0.4) is 0 Å². The summed E-state index contributed by atoms with van der Waals surface area (Å²) in [5, 5.41) is 2.80. The van der Waals surface area contributed by atoms with Crippen LogP contribution in [0, 0.1) is 0 Å². The SMILES string of the molecule is O=C(CCc1ccccc1)NCCOCCCl. The van der Waals surface area contributed by atoms with E-state index in [0.29, 0.717) is 32.1 Å². The molecule has 0 aromatic heterocycles. The van der Waals surface area contributed by atoms with Crippen molar-refractivity contribution in [3.05, 3.63) is 35.9 Å². The molecule has 3 nitrogen and oxygen atoms in total. The Morgan fingerprint density at radius 2 is 2.00 bits per heavy atom. The average Bonchev–Trinajstić information content (AvgIpc) is 2.37. The van der Waals surface area contributed by atoms with Crippen LogP contribution in [-0.4, -0.2) is 31.5 Å². The fraction of sp³-hybridized carbons (Fsp3) is 0.462. The first-order valence-corrected chi connectivity index (χ1v) is 6.30. The maximum Gasteiger partial charge on any atom is 0.220 e. The van der Waals surface area contributed by atoms with Crippen LogP contribution in [0.25, 0.3) is 0 Å². The number of carbonyl (C=O) groups is 1. The van der Waals surface area contributed by atoms with Gasteiger partial charge in [-0.3, -0.25) is 4.79 Å². The number of amides is 1. The maximum atomic E-state index is 11.5. The summed E-state index contributed by atoms with van der Waals surface area (Å²) < 4.78 is 5.15. The molecule has 0 saturated heterocycles. The van der Waals surface area contributed by atoms with E-state index in [1.165, 1.54) is 5.56 Å². The molecular weight excluding hydrogens is 238 g/mol. The molecule has 0 radical (unpaired) electrons. The molecule has 0 fully saturated rings. The Kier molecular flexibility index (Phi) is 7.43. The first-order chi connectivity index (χ1) is 8.33. The van der Waals surface area contributed by atoms with Crippen LogP contribution in [-0.2, 0) is 16.0 Å². The molecule has 0 spiro atoms. The van der Waals surface area contributed by atoms with Gasteiger partial charge in [0.1, 0.15) is 0 Å². The van der Waals surface area contributed by atoms with Crippen molar-refractivity contribution < 1.29 is 9.53 Å². The number of halogens is 1. The molecule has 1 aromatic carbocycles. The van der Waals surface area contributed by atoms with Gasteiger partial charge in [0, 0.05) is 18.8 Å². The zero-order valence-electron chi connectivity index (χ0n) is 9.82. The highest BCUT2D eigenvalue weighted by molar-refractivity contribution is 6.17. The third-order valence-electron chi connectivity index (χ3n) is 2.27. The van der Waals surface area contributed by atoms with Crippen molar-refractivity contribution >= 4 is 17.5 Å². The van der Waals surface area contributed by atoms with Gasteiger partial charge < -0.3 is 10.1 Å². The molecule has 0 heterocycles. The Hall–Kier alpha value is -1.06. The van der Waals surface area contributed by atoms with E-state index in [-0.39, 0.29) is 5.91 Å². The minimum absolute atomic E-state index is 0.0586. The number of hydrogen-bond acceptors (Lipinski definition) is 2. The second-order valence-corrected chi connectivity index (χ2v) is 4.01. The van der Waals surface area contributed by atoms with Gasteiger partial charge in [-0.2, -0.15) is 0 Å². The van der Waals surface area contributed by atoms with Gasteiger partial charge in [-0.15, -0.1) is 11.6 Å². The van der Waals surface area contributed by atoms with Crippen molar-refractivity contribution in [3.8, 4) is 0 Å². The molecule has 4 heteroatoms. The van der Waals surface area contributed by atoms with Crippen molar-refractivity contribution in [1.29, 1.82) is 0 Å². The predicted molar refractivity (Wildman–Crippen MR) is 69.3 cm³/mol. The number of hydrogen-bond donors (Lipinski definition) is 1. The fourth-order valence-electron chi connectivity index (χ4n) is 1.41. The lowest BCUT2D eigenvalue weighted by Gasteiger charge is -2.05. The van der Waals surface area contributed by atoms with Gasteiger partial charge in [-0.1, -0.05) is 30.3 Å². The minimum Gasteiger partial charge on any atom is -0.378 e. The number of carbonyl (C=O) groups excluding carboxylic acids is 1. The van der Waals surface area contributed by atoms with Gasteiger partial charge in [0.25, 0.3) is 0 Å². The molecular formula is C13H18ClNO2. The Labute approximate surface area is 107 Å². The molecule has 0 aliphatic carbocycles. The Bertz CT molecular complexity index is 316. The first-order valence-electron chi connectivity index (χ1n) is 5.77. The summed E-state index contributed by atoms with van der Waals surface area (Å²) in [7, 11) is 0. The molecule has 1 rings (SSSR count). The zero-order chi connectivity index (χ0) is 12.3. The summed E-state index contributed by atoms with van der Waals surface area (Å²) in [5.74, 6) is 0.547. The van der Waals surface area contributed by atoms with Crippen LogP contribution < -0.4 is 5.32 Å². The first kappa shape index (κ1) is 14.0. The van der Waals surface area contributed by atoms with E-state index in [1.807, 2.05) is 30.3 Å². The summed E-state index contributed by atoms with van der Waals surface area (Å²) in [6.07, 6.45) is 1.29. The van der Waals surface area contributed by atoms with E-state index >= 15 is 0 Å². The third kappa shape index (κ3) is 6.97. The Balaban J connectivity index is 2.05. The van der Waals surface area contributed by atoms with Gasteiger partial charge in [0.15, 0.2) is 0 Å². The van der Waals surface area contributed by atoms with Gasteiger partial charge in [0.2, 0.25) is 5.91 Å². The highest BCUT2D eigenvalue weighted by Crippen LogP contribution is 2.01. The van der Waals surface area contributed by atoms with Gasteiger partial charge >= 0.3 is 0 Å². The normalized spacial score (nSPS) is 10.2. The van der Waals surface area contributed by atoms with Gasteiger partial charge in [-0.05, 0) is 12.0 Å². The van der Waals surface area contributed by atoms with E-state index in [9.17, 15) is 4.79 Å². The number of aryl methyl sites for hydroxylation is 1. The highest BCUT2D eigenvalue weighted by atomic mass is 35.5. The van der Waals surface area contributed by atoms with Crippen molar-refractivity contribution in [1.82, 2.24) is 5.32 Å². The molecule has 0 aliphatic heterocycles. The van der Waals surface area contributed by atoms with E-state index in [1.54, 1.807) is 0 Å². The number of alkyl halides is 1. The molecule has 0 bridgehead atoms. The predicted octanol–water partition coefficient (Wildman–Crippen LogP) is 1.99. The van der Waals surface area contributed by atoms with E-state index in [2.05, 4.69) is 5.32 Å². The highest BCUT2D eigenvalue weighted by Gasteiger charge is 2.01. The topological polar surface area (TPSA) is 38.3 Å². The third-order valence-corrected chi connectivity index (χ3v) is 2.43. The average molecular weight is 256 g/mol. The number of ether oxygens (including phenoxy) is 1. The van der Waals surface area contributed by atoms with Crippen molar-refractivity contribution in [2.24, 2.45) is 0 Å². The van der Waals surface area contributed by atoms with Crippen LogP contribution in [0.4, 0.5) is 0 Å². The van der Waals surface area contributed by atoms with Gasteiger partial charge in [0.05, 0.1) is 13.2 Å². The van der Waals surface area contributed by atoms with Crippen LogP contribution >= 0.6 is 11.6 Å². The smallest absolute Gasteiger partial charge is 0.220 e. The standard InChI is InChI=1S/C13H18ClNO2/c14-8-10-17-11-9-15-13(16)7-6-12-4-2-1-3-5-12/h1-5H,6-11H2,(H,15,16). The lowest BCUT2D eigenvalue weighted by Crippen LogP contribution is -2.27. The van der Waals surface area contributed by atoms with Crippen LogP contribution in [0.2, 0.25) is 0 Å². The summed E-state index contributed by atoms with van der Waals surface area (Å²) in [5.41, 5.74) is 1.18. The van der Waals surface area contributed by atoms with Gasteiger partial charge in [-0.25, -0.2) is 0 Å². The monoisotopic (exact) mass is 255 g/mol. The summed E-state index contributed by atoms with van der Waals surface area (Å²) in [6, 6.07) is 9.98. The summed E-state index contributed by atoms with van der Waals surface area (Å²) in [6.45, 7) is 1.59. The molecule has 1 aromatic rings. The van der Waals surface area contributed by atoms with Crippen LogP contribution in [0.5, 0.6) is 0 Å². The summed E-state index contributed by atoms with van der Waals surface area (Å²) >= 11 is 5.45. The molecule has 0 saturated carbocycles. The summed E-state index contributed by atoms with van der Waals surface area (Å²) in [4.78, 5) is 11.5. The van der Waals surface area contributed by atoms with Crippen LogP contribution in [0.1, 0.15) is 12.0 Å².